The maximum atomic E-state index is 9.21. The van der Waals surface area contributed by atoms with Gasteiger partial charge in [0.1, 0.15) is 22.4 Å². The van der Waals surface area contributed by atoms with Gasteiger partial charge in [0.15, 0.2) is 0 Å². The van der Waals surface area contributed by atoms with Gasteiger partial charge in [-0.15, -0.1) is 23.1 Å². The normalized spacial score (nSPS) is 10.2. The summed E-state index contributed by atoms with van der Waals surface area (Å²) in [6.07, 6.45) is 1.87. The maximum absolute atomic E-state index is 9.21. The summed E-state index contributed by atoms with van der Waals surface area (Å²) in [5.41, 5.74) is 6.78. The predicted molar refractivity (Wildman–Crippen MR) is 71.0 cm³/mol. The van der Waals surface area contributed by atoms with Gasteiger partial charge in [0.05, 0.1) is 4.88 Å². The van der Waals surface area contributed by atoms with Gasteiger partial charge in [-0.3, -0.25) is 0 Å². The maximum Gasteiger partial charge on any atom is 0.221 e. The van der Waals surface area contributed by atoms with Crippen molar-refractivity contribution in [2.75, 3.05) is 12.0 Å². The predicted octanol–water partition coefficient (Wildman–Crippen LogP) is 2.69. The molecule has 2 aromatic rings. The van der Waals surface area contributed by atoms with Crippen LogP contribution in [0.5, 0.6) is 0 Å². The number of thioether (sulfide) groups is 1. The molecule has 2 rings (SSSR count). The third kappa shape index (κ3) is 2.25. The number of nitrogens with zero attached hydrogens (tertiary/aromatic N) is 3. The summed E-state index contributed by atoms with van der Waals surface area (Å²) in [6, 6.07) is 6.10. The zero-order valence-electron chi connectivity index (χ0n) is 9.39. The molecule has 2 N–H and O–H groups in total. The summed E-state index contributed by atoms with van der Waals surface area (Å²) >= 11 is 2.99. The average molecular weight is 262 g/mol. The van der Waals surface area contributed by atoms with Gasteiger partial charge in [-0.2, -0.15) is 5.26 Å². The molecule has 0 radical (unpaired) electrons. The zero-order chi connectivity index (χ0) is 12.4. The van der Waals surface area contributed by atoms with Crippen LogP contribution in [0.2, 0.25) is 0 Å². The SMILES string of the molecule is CSc1nc(N)nc(-c2ccc(C)s2)c1C#N. The number of nitrogen functional groups attached to an aromatic ring is 1. The van der Waals surface area contributed by atoms with Crippen LogP contribution in [-0.2, 0) is 0 Å². The highest BCUT2D eigenvalue weighted by atomic mass is 32.2. The van der Waals surface area contributed by atoms with E-state index < -0.39 is 0 Å². The first-order chi connectivity index (χ1) is 8.15. The largest absolute Gasteiger partial charge is 0.368 e. The Kier molecular flexibility index (Phi) is 3.31. The minimum absolute atomic E-state index is 0.203. The lowest BCUT2D eigenvalue weighted by atomic mass is 10.2. The molecule has 0 saturated heterocycles. The molecule has 0 bridgehead atoms. The molecule has 2 aromatic heterocycles. The molecule has 0 fully saturated rings. The molecule has 0 saturated carbocycles. The fourth-order valence-electron chi connectivity index (χ4n) is 1.45. The topological polar surface area (TPSA) is 75.6 Å². The summed E-state index contributed by atoms with van der Waals surface area (Å²) in [6.45, 7) is 2.01. The second kappa shape index (κ2) is 4.73. The van der Waals surface area contributed by atoms with Gasteiger partial charge >= 0.3 is 0 Å². The highest BCUT2D eigenvalue weighted by Crippen LogP contribution is 2.32. The number of hydrogen-bond acceptors (Lipinski definition) is 6. The van der Waals surface area contributed by atoms with Gasteiger partial charge in [0.2, 0.25) is 5.95 Å². The first-order valence-electron chi connectivity index (χ1n) is 4.84. The number of nitriles is 1. The van der Waals surface area contributed by atoms with E-state index >= 15 is 0 Å². The molecule has 0 aliphatic heterocycles. The van der Waals surface area contributed by atoms with E-state index in [2.05, 4.69) is 16.0 Å². The van der Waals surface area contributed by atoms with E-state index in [-0.39, 0.29) is 5.95 Å². The minimum Gasteiger partial charge on any atom is -0.368 e. The standard InChI is InChI=1S/C11H10N4S2/c1-6-3-4-8(17-6)9-7(5-12)10(16-2)15-11(13)14-9/h3-4H,1-2H3,(H2,13,14,15). The summed E-state index contributed by atoms with van der Waals surface area (Å²) in [4.78, 5) is 10.4. The van der Waals surface area contributed by atoms with Crippen molar-refractivity contribution < 1.29 is 0 Å². The molecule has 2 heterocycles. The van der Waals surface area contributed by atoms with Gasteiger partial charge in [0, 0.05) is 4.88 Å². The Morgan fingerprint density at radius 2 is 2.18 bits per heavy atom. The van der Waals surface area contributed by atoms with Crippen LogP contribution < -0.4 is 5.73 Å². The number of thiophene rings is 1. The van der Waals surface area contributed by atoms with Crippen LogP contribution in [0.1, 0.15) is 10.4 Å². The molecule has 0 amide bonds. The minimum atomic E-state index is 0.203. The third-order valence-electron chi connectivity index (χ3n) is 2.17. The van der Waals surface area contributed by atoms with Gasteiger partial charge < -0.3 is 5.73 Å². The van der Waals surface area contributed by atoms with Crippen LogP contribution in [0.15, 0.2) is 17.2 Å². The summed E-state index contributed by atoms with van der Waals surface area (Å²) in [5, 5.41) is 9.84. The highest BCUT2D eigenvalue weighted by Gasteiger charge is 2.15. The van der Waals surface area contributed by atoms with Crippen molar-refractivity contribution in [1.82, 2.24) is 9.97 Å². The van der Waals surface area contributed by atoms with Crippen molar-refractivity contribution >= 4 is 29.0 Å². The first-order valence-corrected chi connectivity index (χ1v) is 6.88. The monoisotopic (exact) mass is 262 g/mol. The van der Waals surface area contributed by atoms with Crippen molar-refractivity contribution in [3.05, 3.63) is 22.6 Å². The lowest BCUT2D eigenvalue weighted by Gasteiger charge is -2.05. The van der Waals surface area contributed by atoms with Crippen LogP contribution in [-0.4, -0.2) is 16.2 Å². The molecule has 0 spiro atoms. The summed E-state index contributed by atoms with van der Waals surface area (Å²) < 4.78 is 0. The fourth-order valence-corrected chi connectivity index (χ4v) is 2.84. The van der Waals surface area contributed by atoms with E-state index in [1.165, 1.54) is 16.6 Å². The van der Waals surface area contributed by atoms with E-state index in [4.69, 9.17) is 5.73 Å². The van der Waals surface area contributed by atoms with Crippen molar-refractivity contribution in [1.29, 1.82) is 5.26 Å². The molecule has 0 atom stereocenters. The van der Waals surface area contributed by atoms with Crippen LogP contribution >= 0.6 is 23.1 Å². The van der Waals surface area contributed by atoms with Gasteiger partial charge in [-0.05, 0) is 25.3 Å². The molecule has 17 heavy (non-hydrogen) atoms. The Morgan fingerprint density at radius 3 is 2.71 bits per heavy atom. The Labute approximate surface area is 108 Å². The molecule has 0 aliphatic rings. The van der Waals surface area contributed by atoms with Gasteiger partial charge in [-0.1, -0.05) is 0 Å². The lowest BCUT2D eigenvalue weighted by molar-refractivity contribution is 1.06. The molecule has 0 unspecified atom stereocenters. The van der Waals surface area contributed by atoms with Crippen molar-refractivity contribution in [3.63, 3.8) is 0 Å². The second-order valence-electron chi connectivity index (χ2n) is 3.34. The third-order valence-corrected chi connectivity index (χ3v) is 3.86. The molecular weight excluding hydrogens is 252 g/mol. The first kappa shape index (κ1) is 11.9. The van der Waals surface area contributed by atoms with E-state index in [9.17, 15) is 5.26 Å². The molecule has 0 aliphatic carbocycles. The molecular formula is C11H10N4S2. The highest BCUT2D eigenvalue weighted by molar-refractivity contribution is 7.98. The van der Waals surface area contributed by atoms with E-state index in [0.29, 0.717) is 16.3 Å². The van der Waals surface area contributed by atoms with E-state index in [1.54, 1.807) is 11.3 Å². The summed E-state index contributed by atoms with van der Waals surface area (Å²) in [5.74, 6) is 0.203. The van der Waals surface area contributed by atoms with Crippen LogP contribution in [0.4, 0.5) is 5.95 Å². The average Bonchev–Trinajstić information content (AvgIpc) is 2.74. The van der Waals surface area contributed by atoms with Crippen molar-refractivity contribution in [2.24, 2.45) is 0 Å². The van der Waals surface area contributed by atoms with E-state index in [0.717, 1.165) is 4.88 Å². The van der Waals surface area contributed by atoms with Crippen molar-refractivity contribution in [2.45, 2.75) is 11.9 Å². The fraction of sp³-hybridized carbons (Fsp3) is 0.182. The van der Waals surface area contributed by atoms with Crippen LogP contribution in [0, 0.1) is 18.3 Å². The molecule has 0 aromatic carbocycles. The van der Waals surface area contributed by atoms with Crippen LogP contribution in [0.25, 0.3) is 10.6 Å². The quantitative estimate of drug-likeness (QED) is 0.665. The second-order valence-corrected chi connectivity index (χ2v) is 5.42. The van der Waals surface area contributed by atoms with Gasteiger partial charge in [0.25, 0.3) is 0 Å². The molecule has 86 valence electrons. The van der Waals surface area contributed by atoms with Gasteiger partial charge in [-0.25, -0.2) is 9.97 Å². The van der Waals surface area contributed by atoms with E-state index in [1.807, 2.05) is 25.3 Å². The number of aromatic nitrogens is 2. The van der Waals surface area contributed by atoms with Crippen LogP contribution in [0.3, 0.4) is 0 Å². The number of hydrogen-bond donors (Lipinski definition) is 1. The molecule has 4 nitrogen and oxygen atoms in total. The number of rotatable bonds is 2. The number of nitrogens with two attached hydrogens (primary N) is 1. The number of aryl methyl sites for hydroxylation is 1. The lowest BCUT2D eigenvalue weighted by Crippen LogP contribution is -2.01. The Morgan fingerprint density at radius 1 is 1.41 bits per heavy atom. The Bertz CT molecular complexity index is 598. The zero-order valence-corrected chi connectivity index (χ0v) is 11.0. The number of anilines is 1. The molecule has 6 heteroatoms. The van der Waals surface area contributed by atoms with Crippen molar-refractivity contribution in [3.8, 4) is 16.6 Å². The smallest absolute Gasteiger partial charge is 0.221 e. The summed E-state index contributed by atoms with van der Waals surface area (Å²) in [7, 11) is 0. The Balaban J connectivity index is 2.68. The Hall–Kier alpha value is -1.58.